The molecule has 28 heteroatoms. The summed E-state index contributed by atoms with van der Waals surface area (Å²) in [5.74, 6) is -9.84. The number of hydrogen-bond donors (Lipinski definition) is 11. The molecule has 1 aromatic carbocycles. The fourth-order valence-corrected chi connectivity index (χ4v) is 4.16. The number of carbonyl (C=O) groups is 7. The first kappa shape index (κ1) is 61.4. The van der Waals surface area contributed by atoms with E-state index in [0.29, 0.717) is 26.1 Å². The Morgan fingerprint density at radius 2 is 0.984 bits per heavy atom. The van der Waals surface area contributed by atoms with Crippen LogP contribution in [0.4, 0.5) is 39.5 Å². The summed E-state index contributed by atoms with van der Waals surface area (Å²) in [4.78, 5) is 78.7. The molecule has 4 amide bonds. The van der Waals surface area contributed by atoms with Crippen LogP contribution < -0.4 is 44.2 Å². The molecular formula is C35H54F9N9O10. The van der Waals surface area contributed by atoms with Crippen LogP contribution in [-0.2, 0) is 40.0 Å². The number of benzene rings is 1. The van der Waals surface area contributed by atoms with E-state index in [1.165, 1.54) is 0 Å². The average Bonchev–Trinajstić information content (AvgIpc) is 3.15. The van der Waals surface area contributed by atoms with Crippen LogP contribution in [0.1, 0.15) is 69.8 Å². The molecular weight excluding hydrogens is 877 g/mol. The summed E-state index contributed by atoms with van der Waals surface area (Å²) in [5, 5.41) is 33.1. The van der Waals surface area contributed by atoms with Gasteiger partial charge in [-0.1, -0.05) is 56.0 Å². The largest absolute Gasteiger partial charge is 0.490 e. The standard InChI is InChI=1S/C29H51N9O4.3C2HF3O2/c30-23(14-19-37-29(32)33)27(41)35-17-11-5-9-16-34-15-8-2-1-3-10-18-36-28(42)24(21-25(31)39)38-26(40)20-22-12-6-4-7-13-22;3*3-2(4,5)1(6)7/h4,6-7,12-13,23-24,34H,1-3,5,8-11,14-21,30H2,(H2,31,39)(H,35,41)(H,36,42)(H,38,40)(H4,32,33,37);3*(H,6,7)/t23-,24-;;;/m0.../s1. The number of carboxylic acid groups (broad SMARTS) is 3. The van der Waals surface area contributed by atoms with Crippen molar-refractivity contribution < 1.29 is 88.4 Å². The van der Waals surface area contributed by atoms with Gasteiger partial charge in [0.2, 0.25) is 23.6 Å². The molecule has 1 aromatic rings. The maximum Gasteiger partial charge on any atom is 0.490 e. The van der Waals surface area contributed by atoms with Gasteiger partial charge in [0, 0.05) is 19.6 Å². The monoisotopic (exact) mass is 931 g/mol. The Morgan fingerprint density at radius 1 is 0.603 bits per heavy atom. The lowest BCUT2D eigenvalue weighted by Gasteiger charge is -2.17. The molecule has 19 nitrogen and oxygen atoms in total. The number of carbonyl (C=O) groups excluding carboxylic acids is 4. The van der Waals surface area contributed by atoms with Crippen molar-refractivity contribution in [3.8, 4) is 0 Å². The first-order chi connectivity index (χ1) is 29.0. The molecule has 0 aliphatic carbocycles. The van der Waals surface area contributed by atoms with Crippen molar-refractivity contribution in [1.29, 1.82) is 0 Å². The third kappa shape index (κ3) is 39.9. The van der Waals surface area contributed by atoms with Crippen LogP contribution in [0, 0.1) is 0 Å². The second-order valence-electron chi connectivity index (χ2n) is 12.7. The van der Waals surface area contributed by atoms with Gasteiger partial charge in [0.15, 0.2) is 5.96 Å². The van der Waals surface area contributed by atoms with Crippen LogP contribution in [0.25, 0.3) is 0 Å². The number of unbranched alkanes of at least 4 members (excludes halogenated alkanes) is 6. The van der Waals surface area contributed by atoms with E-state index in [2.05, 4.69) is 26.3 Å². The van der Waals surface area contributed by atoms with Crippen molar-refractivity contribution in [2.75, 3.05) is 32.7 Å². The highest BCUT2D eigenvalue weighted by Gasteiger charge is 2.39. The van der Waals surface area contributed by atoms with E-state index < -0.39 is 60.3 Å². The zero-order valence-electron chi connectivity index (χ0n) is 33.7. The molecule has 63 heavy (non-hydrogen) atoms. The fourth-order valence-electron chi connectivity index (χ4n) is 4.16. The number of hydrogen-bond acceptors (Lipinski definition) is 10. The van der Waals surface area contributed by atoms with Crippen molar-refractivity contribution in [3.63, 3.8) is 0 Å². The Kier molecular flexibility index (Phi) is 32.8. The van der Waals surface area contributed by atoms with Crippen molar-refractivity contribution in [3.05, 3.63) is 35.9 Å². The quantitative estimate of drug-likeness (QED) is 0.0303. The maximum absolute atomic E-state index is 12.5. The summed E-state index contributed by atoms with van der Waals surface area (Å²) in [6.45, 7) is 3.30. The van der Waals surface area contributed by atoms with Crippen LogP contribution >= 0.6 is 0 Å². The van der Waals surface area contributed by atoms with Crippen LogP contribution in [0.3, 0.4) is 0 Å². The number of halogens is 9. The van der Waals surface area contributed by atoms with E-state index in [9.17, 15) is 58.7 Å². The van der Waals surface area contributed by atoms with Crippen LogP contribution in [0.15, 0.2) is 35.3 Å². The Balaban J connectivity index is -0.00000139. The van der Waals surface area contributed by atoms with E-state index in [1.807, 2.05) is 30.3 Å². The van der Waals surface area contributed by atoms with Gasteiger partial charge in [-0.3, -0.25) is 24.2 Å². The normalized spacial score (nSPS) is 11.8. The van der Waals surface area contributed by atoms with E-state index >= 15 is 0 Å². The lowest BCUT2D eigenvalue weighted by molar-refractivity contribution is -0.193. The van der Waals surface area contributed by atoms with Crippen LogP contribution in [0.5, 0.6) is 0 Å². The van der Waals surface area contributed by atoms with Crippen LogP contribution in [0.2, 0.25) is 0 Å². The molecule has 0 bridgehead atoms. The first-order valence-electron chi connectivity index (χ1n) is 18.6. The van der Waals surface area contributed by atoms with E-state index in [-0.39, 0.29) is 30.6 Å². The second-order valence-corrected chi connectivity index (χ2v) is 12.7. The minimum atomic E-state index is -5.08. The topological polar surface area (TPSA) is 345 Å². The van der Waals surface area contributed by atoms with Gasteiger partial charge < -0.3 is 59.5 Å². The summed E-state index contributed by atoms with van der Waals surface area (Å²) in [6.07, 6.45) is -6.99. The van der Waals surface area contributed by atoms with Crippen molar-refractivity contribution in [1.82, 2.24) is 21.3 Å². The van der Waals surface area contributed by atoms with Crippen molar-refractivity contribution in [2.45, 2.75) is 101 Å². The zero-order valence-corrected chi connectivity index (χ0v) is 33.7. The number of guanidine groups is 1. The highest BCUT2D eigenvalue weighted by Crippen LogP contribution is 2.14. The van der Waals surface area contributed by atoms with Crippen molar-refractivity contribution >= 4 is 47.5 Å². The summed E-state index contributed by atoms with van der Waals surface area (Å²) in [6, 6.07) is 7.59. The third-order valence-electron chi connectivity index (χ3n) is 7.22. The van der Waals surface area contributed by atoms with Gasteiger partial charge in [0.25, 0.3) is 0 Å². The van der Waals surface area contributed by atoms with Gasteiger partial charge in [-0.25, -0.2) is 14.4 Å². The Morgan fingerprint density at radius 3 is 1.38 bits per heavy atom. The minimum Gasteiger partial charge on any atom is -0.475 e. The number of alkyl halides is 9. The zero-order chi connectivity index (χ0) is 49.2. The average molecular weight is 932 g/mol. The number of aliphatic carboxylic acids is 3. The van der Waals surface area contributed by atoms with Gasteiger partial charge in [-0.05, 0) is 50.8 Å². The lowest BCUT2D eigenvalue weighted by Crippen LogP contribution is -2.49. The summed E-state index contributed by atoms with van der Waals surface area (Å²) < 4.78 is 95.2. The Labute approximate surface area is 354 Å². The number of nitrogens with zero attached hydrogens (tertiary/aromatic N) is 1. The van der Waals surface area contributed by atoms with E-state index in [0.717, 1.165) is 70.0 Å². The smallest absolute Gasteiger partial charge is 0.475 e. The molecule has 2 atom stereocenters. The van der Waals surface area contributed by atoms with Gasteiger partial charge in [0.05, 0.1) is 18.9 Å². The van der Waals surface area contributed by atoms with Gasteiger partial charge in [-0.15, -0.1) is 0 Å². The molecule has 0 aromatic heterocycles. The van der Waals surface area contributed by atoms with Crippen molar-refractivity contribution in [2.24, 2.45) is 27.9 Å². The molecule has 0 heterocycles. The summed E-state index contributed by atoms with van der Waals surface area (Å²) >= 11 is 0. The number of carboxylic acids is 3. The highest BCUT2D eigenvalue weighted by molar-refractivity contribution is 5.92. The predicted molar refractivity (Wildman–Crippen MR) is 206 cm³/mol. The molecule has 0 unspecified atom stereocenters. The van der Waals surface area contributed by atoms with Gasteiger partial charge >= 0.3 is 36.4 Å². The molecule has 362 valence electrons. The Hall–Kier alpha value is -5.93. The molecule has 1 rings (SSSR count). The SMILES string of the molecule is NC(=O)C[C@H](NC(=O)Cc1ccccc1)C(=O)NCCCCCCCNCCCCCNC(=O)[C@@H](N)CCN=C(N)N.O=C(O)C(F)(F)F.O=C(O)C(F)(F)F.O=C(O)C(F)(F)F. The number of primary amides is 1. The number of aliphatic imine (C=N–C) groups is 1. The molecule has 0 radical (unpaired) electrons. The number of amides is 4. The van der Waals surface area contributed by atoms with E-state index in [1.54, 1.807) is 0 Å². The molecule has 15 N–H and O–H groups in total. The summed E-state index contributed by atoms with van der Waals surface area (Å²) in [5.41, 5.74) is 22.4. The molecule has 0 saturated heterocycles. The minimum absolute atomic E-state index is 0.00708. The molecule has 0 spiro atoms. The fraction of sp³-hybridized carbons (Fsp3) is 0.600. The second kappa shape index (κ2) is 33.7. The molecule has 0 fully saturated rings. The van der Waals surface area contributed by atoms with Gasteiger partial charge in [0.1, 0.15) is 6.04 Å². The highest BCUT2D eigenvalue weighted by atomic mass is 19.4. The number of nitrogens with two attached hydrogens (primary N) is 4. The van der Waals surface area contributed by atoms with E-state index in [4.69, 9.17) is 52.6 Å². The molecule has 0 saturated carbocycles. The Bertz CT molecular complexity index is 1490. The summed E-state index contributed by atoms with van der Waals surface area (Å²) in [7, 11) is 0. The van der Waals surface area contributed by atoms with Gasteiger partial charge in [-0.2, -0.15) is 39.5 Å². The molecule has 0 aliphatic heterocycles. The van der Waals surface area contributed by atoms with Crippen LogP contribution in [-0.4, -0.2) is 126 Å². The third-order valence-corrected chi connectivity index (χ3v) is 7.22. The number of rotatable bonds is 24. The number of nitrogens with one attached hydrogen (secondary N) is 4. The maximum atomic E-state index is 12.5. The lowest BCUT2D eigenvalue weighted by atomic mass is 10.1. The first-order valence-corrected chi connectivity index (χ1v) is 18.6. The predicted octanol–water partition coefficient (Wildman–Crippen LogP) is 1.42. The molecule has 0 aliphatic rings.